The van der Waals surface area contributed by atoms with E-state index in [0.717, 1.165) is 15.2 Å². The van der Waals surface area contributed by atoms with Crippen molar-refractivity contribution in [3.05, 3.63) is 72.1 Å². The molecule has 0 aliphatic carbocycles. The molecule has 3 aromatic rings. The van der Waals surface area contributed by atoms with Crippen LogP contribution in [0.15, 0.2) is 65.7 Å². The van der Waals surface area contributed by atoms with Gasteiger partial charge < -0.3 is 5.32 Å². The van der Waals surface area contributed by atoms with Crippen molar-refractivity contribution in [1.29, 1.82) is 0 Å². The third kappa shape index (κ3) is 4.30. The molecule has 0 saturated heterocycles. The predicted octanol–water partition coefficient (Wildman–Crippen LogP) is 3.52. The second-order valence-corrected chi connectivity index (χ2v) is 8.32. The first kappa shape index (κ1) is 21.4. The Labute approximate surface area is 170 Å². The highest BCUT2D eigenvalue weighted by molar-refractivity contribution is 7.92. The number of amides is 1. The van der Waals surface area contributed by atoms with Crippen LogP contribution in [0.1, 0.15) is 16.1 Å². The van der Waals surface area contributed by atoms with Gasteiger partial charge in [0, 0.05) is 26.0 Å². The number of halogens is 3. The number of hydrogen-bond acceptors (Lipinski definition) is 4. The van der Waals surface area contributed by atoms with Crippen LogP contribution < -0.4 is 9.62 Å². The molecule has 0 atom stereocenters. The van der Waals surface area contributed by atoms with E-state index in [1.165, 1.54) is 38.4 Å². The molecule has 0 unspecified atom stereocenters. The van der Waals surface area contributed by atoms with Crippen molar-refractivity contribution in [3.63, 3.8) is 0 Å². The van der Waals surface area contributed by atoms with Gasteiger partial charge in [-0.15, -0.1) is 0 Å². The first-order chi connectivity index (χ1) is 14.0. The number of aromatic nitrogens is 2. The maximum absolute atomic E-state index is 13.1. The van der Waals surface area contributed by atoms with Crippen LogP contribution in [0.25, 0.3) is 0 Å². The summed E-state index contributed by atoms with van der Waals surface area (Å²) in [6, 6.07) is 13.6. The molecule has 1 aromatic heterocycles. The van der Waals surface area contributed by atoms with Crippen LogP contribution in [0.4, 0.5) is 24.5 Å². The molecule has 2 aromatic carbocycles. The van der Waals surface area contributed by atoms with Crippen LogP contribution in [0.5, 0.6) is 0 Å². The summed E-state index contributed by atoms with van der Waals surface area (Å²) < 4.78 is 67.0. The minimum absolute atomic E-state index is 0.0273. The minimum atomic E-state index is -4.81. The molecule has 0 radical (unpaired) electrons. The van der Waals surface area contributed by atoms with Gasteiger partial charge in [-0.1, -0.05) is 24.3 Å². The molecule has 0 saturated carbocycles. The van der Waals surface area contributed by atoms with E-state index in [0.29, 0.717) is 5.69 Å². The topological polar surface area (TPSA) is 84.3 Å². The van der Waals surface area contributed by atoms with Gasteiger partial charge in [0.2, 0.25) is 0 Å². The fourth-order valence-electron chi connectivity index (χ4n) is 2.73. The Balaban J connectivity index is 1.89. The average molecular weight is 438 g/mol. The lowest BCUT2D eigenvalue weighted by Gasteiger charge is -2.19. The summed E-state index contributed by atoms with van der Waals surface area (Å²) in [7, 11) is -1.32. The number of benzene rings is 2. The number of para-hydroxylation sites is 1. The zero-order chi connectivity index (χ0) is 22.1. The lowest BCUT2D eigenvalue weighted by atomic mass is 10.2. The van der Waals surface area contributed by atoms with Gasteiger partial charge in [0.25, 0.3) is 15.9 Å². The molecule has 0 aliphatic rings. The molecule has 1 heterocycles. The van der Waals surface area contributed by atoms with E-state index < -0.39 is 33.4 Å². The number of nitrogens with zero attached hydrogens (tertiary/aromatic N) is 3. The van der Waals surface area contributed by atoms with E-state index >= 15 is 0 Å². The van der Waals surface area contributed by atoms with Crippen molar-refractivity contribution >= 4 is 27.3 Å². The van der Waals surface area contributed by atoms with Crippen molar-refractivity contribution in [3.8, 4) is 0 Å². The van der Waals surface area contributed by atoms with E-state index in [9.17, 15) is 26.4 Å². The number of sulfonamides is 1. The van der Waals surface area contributed by atoms with Crippen LogP contribution in [0, 0.1) is 0 Å². The van der Waals surface area contributed by atoms with Gasteiger partial charge in [-0.05, 0) is 30.3 Å². The quantitative estimate of drug-likeness (QED) is 0.661. The lowest BCUT2D eigenvalue weighted by molar-refractivity contribution is -0.141. The first-order valence-electron chi connectivity index (χ1n) is 8.56. The van der Waals surface area contributed by atoms with Gasteiger partial charge in [0.15, 0.2) is 5.69 Å². The number of anilines is 2. The van der Waals surface area contributed by atoms with Crippen molar-refractivity contribution in [2.24, 2.45) is 7.05 Å². The Bertz CT molecular complexity index is 1180. The van der Waals surface area contributed by atoms with Crippen LogP contribution in [0.2, 0.25) is 0 Å². The molecule has 30 heavy (non-hydrogen) atoms. The van der Waals surface area contributed by atoms with Gasteiger partial charge >= 0.3 is 6.18 Å². The zero-order valence-corrected chi connectivity index (χ0v) is 16.7. The fraction of sp³-hybridized carbons (Fsp3) is 0.158. The van der Waals surface area contributed by atoms with E-state index in [1.54, 1.807) is 30.3 Å². The van der Waals surface area contributed by atoms with Gasteiger partial charge in [0.1, 0.15) is 0 Å². The largest absolute Gasteiger partial charge is 0.435 e. The Hall–Kier alpha value is -3.34. The third-order valence-corrected chi connectivity index (χ3v) is 5.99. The van der Waals surface area contributed by atoms with Gasteiger partial charge in [-0.3, -0.25) is 13.8 Å². The second-order valence-electron chi connectivity index (χ2n) is 6.35. The normalized spacial score (nSPS) is 11.9. The molecular weight excluding hydrogens is 421 g/mol. The minimum Gasteiger partial charge on any atom is -0.322 e. The van der Waals surface area contributed by atoms with Gasteiger partial charge in [-0.2, -0.15) is 18.3 Å². The first-order valence-corrected chi connectivity index (χ1v) is 10.0. The summed E-state index contributed by atoms with van der Waals surface area (Å²) >= 11 is 0. The Morgan fingerprint density at radius 3 is 2.40 bits per heavy atom. The van der Waals surface area contributed by atoms with E-state index in [2.05, 4.69) is 10.4 Å². The maximum atomic E-state index is 13.1. The summed E-state index contributed by atoms with van der Waals surface area (Å²) in [5.74, 6) is -1.05. The van der Waals surface area contributed by atoms with E-state index in [-0.39, 0.29) is 10.6 Å². The Morgan fingerprint density at radius 2 is 1.77 bits per heavy atom. The van der Waals surface area contributed by atoms with Crippen LogP contribution in [0.3, 0.4) is 0 Å². The van der Waals surface area contributed by atoms with Crippen LogP contribution >= 0.6 is 0 Å². The number of carbonyl (C=O) groups excluding carboxylic acids is 1. The SMILES string of the molecule is CN(c1ccccc1)S(=O)(=O)c1cccc(NC(=O)c2cn(C)nc2C(F)(F)F)c1. The summed E-state index contributed by atoms with van der Waals surface area (Å²) in [4.78, 5) is 12.3. The summed E-state index contributed by atoms with van der Waals surface area (Å²) in [5.41, 5.74) is -1.54. The van der Waals surface area contributed by atoms with Gasteiger partial charge in [-0.25, -0.2) is 8.42 Å². The number of aryl methyl sites for hydroxylation is 1. The fourth-order valence-corrected chi connectivity index (χ4v) is 3.97. The zero-order valence-electron chi connectivity index (χ0n) is 15.9. The van der Waals surface area contributed by atoms with Crippen LogP contribution in [-0.4, -0.2) is 31.2 Å². The Morgan fingerprint density at radius 1 is 1.10 bits per heavy atom. The lowest BCUT2D eigenvalue weighted by Crippen LogP contribution is -2.26. The number of alkyl halides is 3. The third-order valence-electron chi connectivity index (χ3n) is 4.21. The number of hydrogen-bond donors (Lipinski definition) is 1. The monoisotopic (exact) mass is 438 g/mol. The van der Waals surface area contributed by atoms with Crippen molar-refractivity contribution in [1.82, 2.24) is 9.78 Å². The Kier molecular flexibility index (Phi) is 5.57. The summed E-state index contributed by atoms with van der Waals surface area (Å²) in [6.07, 6.45) is -3.86. The smallest absolute Gasteiger partial charge is 0.322 e. The van der Waals surface area contributed by atoms with Gasteiger partial charge in [0.05, 0.1) is 16.1 Å². The van der Waals surface area contributed by atoms with E-state index in [4.69, 9.17) is 0 Å². The molecule has 158 valence electrons. The molecule has 1 N–H and O–H groups in total. The maximum Gasteiger partial charge on any atom is 0.435 e. The molecule has 3 rings (SSSR count). The molecular formula is C19H17F3N4O3S. The molecule has 0 bridgehead atoms. The number of nitrogens with one attached hydrogen (secondary N) is 1. The average Bonchev–Trinajstić information content (AvgIpc) is 3.11. The second kappa shape index (κ2) is 7.82. The molecule has 1 amide bonds. The predicted molar refractivity (Wildman–Crippen MR) is 105 cm³/mol. The number of carbonyl (C=O) groups is 1. The highest BCUT2D eigenvalue weighted by Crippen LogP contribution is 2.31. The standard InChI is InChI=1S/C19H17F3N4O3S/c1-25-12-16(17(24-25)19(20,21)22)18(27)23-13-7-6-10-15(11-13)30(28,29)26(2)14-8-4-3-5-9-14/h3-12H,1-2H3,(H,23,27). The highest BCUT2D eigenvalue weighted by atomic mass is 32.2. The van der Waals surface area contributed by atoms with Crippen LogP contribution in [-0.2, 0) is 23.2 Å². The van der Waals surface area contributed by atoms with E-state index in [1.807, 2.05) is 0 Å². The molecule has 11 heteroatoms. The molecule has 0 spiro atoms. The summed E-state index contributed by atoms with van der Waals surface area (Å²) in [6.45, 7) is 0. The molecule has 0 fully saturated rings. The highest BCUT2D eigenvalue weighted by Gasteiger charge is 2.39. The molecule has 7 nitrogen and oxygen atoms in total. The number of rotatable bonds is 5. The van der Waals surface area contributed by atoms with Crippen molar-refractivity contribution in [2.45, 2.75) is 11.1 Å². The van der Waals surface area contributed by atoms with Crippen molar-refractivity contribution in [2.75, 3.05) is 16.7 Å². The molecule has 0 aliphatic heterocycles. The summed E-state index contributed by atoms with van der Waals surface area (Å²) in [5, 5.41) is 5.59. The van der Waals surface area contributed by atoms with Crippen molar-refractivity contribution < 1.29 is 26.4 Å².